The van der Waals surface area contributed by atoms with Gasteiger partial charge in [0.15, 0.2) is 0 Å². The molecule has 1 aromatic carbocycles. The molecule has 0 aliphatic heterocycles. The molecule has 0 radical (unpaired) electrons. The van der Waals surface area contributed by atoms with E-state index in [4.69, 9.17) is 16.3 Å². The van der Waals surface area contributed by atoms with Crippen molar-refractivity contribution >= 4 is 11.6 Å². The van der Waals surface area contributed by atoms with E-state index >= 15 is 0 Å². The summed E-state index contributed by atoms with van der Waals surface area (Å²) in [5.41, 5.74) is 3.20. The van der Waals surface area contributed by atoms with Crippen molar-refractivity contribution in [2.24, 2.45) is 7.05 Å². The van der Waals surface area contributed by atoms with Crippen molar-refractivity contribution < 1.29 is 4.74 Å². The van der Waals surface area contributed by atoms with Gasteiger partial charge in [-0.3, -0.25) is 4.68 Å². The van der Waals surface area contributed by atoms with E-state index in [1.165, 1.54) is 5.56 Å². The highest BCUT2D eigenvalue weighted by Gasteiger charge is 2.12. The minimum absolute atomic E-state index is 0.720. The van der Waals surface area contributed by atoms with Gasteiger partial charge in [-0.25, -0.2) is 0 Å². The van der Waals surface area contributed by atoms with Crippen LogP contribution in [0.1, 0.15) is 23.9 Å². The molecule has 5 heteroatoms. The monoisotopic (exact) mass is 307 g/mol. The number of halogens is 1. The number of ether oxygens (including phenoxy) is 1. The number of hydrogen-bond donors (Lipinski definition) is 1. The Morgan fingerprint density at radius 2 is 2.10 bits per heavy atom. The van der Waals surface area contributed by atoms with Crippen molar-refractivity contribution in [2.45, 2.75) is 26.3 Å². The summed E-state index contributed by atoms with van der Waals surface area (Å²) in [5, 5.41) is 8.62. The van der Waals surface area contributed by atoms with Crippen LogP contribution in [0.2, 0.25) is 5.02 Å². The van der Waals surface area contributed by atoms with Crippen molar-refractivity contribution in [2.75, 3.05) is 13.7 Å². The van der Waals surface area contributed by atoms with Crippen molar-refractivity contribution in [1.82, 2.24) is 15.1 Å². The summed E-state index contributed by atoms with van der Waals surface area (Å²) in [7, 11) is 3.64. The van der Waals surface area contributed by atoms with E-state index in [9.17, 15) is 0 Å². The first-order chi connectivity index (χ1) is 10.2. The lowest BCUT2D eigenvalue weighted by Gasteiger charge is -2.09. The second-order valence-electron chi connectivity index (χ2n) is 4.92. The highest BCUT2D eigenvalue weighted by molar-refractivity contribution is 6.31. The largest absolute Gasteiger partial charge is 0.496 e. The predicted molar refractivity (Wildman–Crippen MR) is 86.0 cm³/mol. The van der Waals surface area contributed by atoms with Crippen LogP contribution in [0.5, 0.6) is 5.75 Å². The maximum Gasteiger partial charge on any atom is 0.122 e. The Morgan fingerprint density at radius 3 is 2.76 bits per heavy atom. The van der Waals surface area contributed by atoms with E-state index in [1.54, 1.807) is 7.11 Å². The van der Waals surface area contributed by atoms with Crippen LogP contribution in [0.4, 0.5) is 0 Å². The fourth-order valence-electron chi connectivity index (χ4n) is 2.35. The SMILES string of the molecule is CCc1nn(C)c(CNCCc2ccccc2OC)c1Cl. The van der Waals surface area contributed by atoms with Crippen LogP contribution < -0.4 is 10.1 Å². The third-order valence-corrected chi connectivity index (χ3v) is 4.00. The number of aromatic nitrogens is 2. The molecule has 1 heterocycles. The first-order valence-electron chi connectivity index (χ1n) is 7.20. The molecule has 0 fully saturated rings. The third kappa shape index (κ3) is 3.77. The van der Waals surface area contributed by atoms with Crippen molar-refractivity contribution in [3.8, 4) is 5.75 Å². The second-order valence-corrected chi connectivity index (χ2v) is 5.30. The Labute approximate surface area is 131 Å². The number of aryl methyl sites for hydroxylation is 2. The summed E-state index contributed by atoms with van der Waals surface area (Å²) in [6.07, 6.45) is 1.77. The van der Waals surface area contributed by atoms with Gasteiger partial charge in [-0.05, 0) is 31.0 Å². The maximum absolute atomic E-state index is 6.33. The number of methoxy groups -OCH3 is 1. The van der Waals surface area contributed by atoms with E-state index in [-0.39, 0.29) is 0 Å². The average Bonchev–Trinajstić information content (AvgIpc) is 2.78. The fraction of sp³-hybridized carbons (Fsp3) is 0.438. The van der Waals surface area contributed by atoms with Gasteiger partial charge >= 0.3 is 0 Å². The second kappa shape index (κ2) is 7.48. The van der Waals surface area contributed by atoms with Crippen LogP contribution in [-0.4, -0.2) is 23.4 Å². The Balaban J connectivity index is 1.89. The van der Waals surface area contributed by atoms with Crippen LogP contribution in [0.25, 0.3) is 0 Å². The minimum Gasteiger partial charge on any atom is -0.496 e. The number of rotatable bonds is 7. The summed E-state index contributed by atoms with van der Waals surface area (Å²) < 4.78 is 7.21. The molecule has 0 spiro atoms. The van der Waals surface area contributed by atoms with Gasteiger partial charge in [0.05, 0.1) is 23.5 Å². The fourth-order valence-corrected chi connectivity index (χ4v) is 2.71. The van der Waals surface area contributed by atoms with E-state index in [2.05, 4.69) is 23.4 Å². The molecule has 2 rings (SSSR count). The molecule has 0 aliphatic rings. The summed E-state index contributed by atoms with van der Waals surface area (Å²) in [5.74, 6) is 0.936. The minimum atomic E-state index is 0.720. The van der Waals surface area contributed by atoms with Crippen LogP contribution >= 0.6 is 11.6 Å². The zero-order valence-electron chi connectivity index (χ0n) is 12.8. The van der Waals surface area contributed by atoms with Crippen LogP contribution in [-0.2, 0) is 26.4 Å². The highest BCUT2D eigenvalue weighted by atomic mass is 35.5. The Bertz CT molecular complexity index is 595. The number of nitrogens with zero attached hydrogens (tertiary/aromatic N) is 2. The van der Waals surface area contributed by atoms with Gasteiger partial charge in [0, 0.05) is 13.6 Å². The molecule has 2 aromatic rings. The normalized spacial score (nSPS) is 10.9. The Kier molecular flexibility index (Phi) is 5.65. The third-order valence-electron chi connectivity index (χ3n) is 3.56. The van der Waals surface area contributed by atoms with Gasteiger partial charge < -0.3 is 10.1 Å². The molecule has 1 aromatic heterocycles. The van der Waals surface area contributed by atoms with Crippen LogP contribution in [0, 0.1) is 0 Å². The Morgan fingerprint density at radius 1 is 1.33 bits per heavy atom. The smallest absolute Gasteiger partial charge is 0.122 e. The van der Waals surface area contributed by atoms with E-state index < -0.39 is 0 Å². The molecule has 0 aliphatic carbocycles. The summed E-state index contributed by atoms with van der Waals surface area (Å²) in [4.78, 5) is 0. The lowest BCUT2D eigenvalue weighted by molar-refractivity contribution is 0.409. The molecule has 1 N–H and O–H groups in total. The van der Waals surface area contributed by atoms with E-state index in [1.807, 2.05) is 29.9 Å². The zero-order valence-corrected chi connectivity index (χ0v) is 13.6. The van der Waals surface area contributed by atoms with E-state index in [0.29, 0.717) is 0 Å². The number of para-hydroxylation sites is 1. The molecule has 0 unspecified atom stereocenters. The van der Waals surface area contributed by atoms with Gasteiger partial charge in [-0.1, -0.05) is 36.7 Å². The zero-order chi connectivity index (χ0) is 15.2. The molecule has 4 nitrogen and oxygen atoms in total. The maximum atomic E-state index is 6.33. The van der Waals surface area contributed by atoms with E-state index in [0.717, 1.165) is 48.1 Å². The van der Waals surface area contributed by atoms with Gasteiger partial charge in [-0.2, -0.15) is 5.10 Å². The molecule has 0 bridgehead atoms. The van der Waals surface area contributed by atoms with Crippen molar-refractivity contribution in [1.29, 1.82) is 0 Å². The summed E-state index contributed by atoms with van der Waals surface area (Å²) >= 11 is 6.33. The molecule has 21 heavy (non-hydrogen) atoms. The summed E-state index contributed by atoms with van der Waals surface area (Å²) in [6.45, 7) is 3.65. The molecule has 114 valence electrons. The lowest BCUT2D eigenvalue weighted by atomic mass is 10.1. The summed E-state index contributed by atoms with van der Waals surface area (Å²) in [6, 6.07) is 8.09. The molecule has 0 amide bonds. The van der Waals surface area contributed by atoms with Crippen LogP contribution in [0.15, 0.2) is 24.3 Å². The highest BCUT2D eigenvalue weighted by Crippen LogP contribution is 2.21. The standard InChI is InChI=1S/C16H22ClN3O/c1-4-13-16(17)14(20(2)19-13)11-18-10-9-12-7-5-6-8-15(12)21-3/h5-8,18H,4,9-11H2,1-3H3. The average molecular weight is 308 g/mol. The number of nitrogens with one attached hydrogen (secondary N) is 1. The molecule has 0 saturated carbocycles. The molecule has 0 saturated heterocycles. The quantitative estimate of drug-likeness (QED) is 0.799. The van der Waals surface area contributed by atoms with Crippen molar-refractivity contribution in [3.63, 3.8) is 0 Å². The molecular weight excluding hydrogens is 286 g/mol. The lowest BCUT2D eigenvalue weighted by Crippen LogP contribution is -2.19. The van der Waals surface area contributed by atoms with Gasteiger partial charge in [0.25, 0.3) is 0 Å². The topological polar surface area (TPSA) is 39.1 Å². The number of benzene rings is 1. The Hall–Kier alpha value is -1.52. The number of hydrogen-bond acceptors (Lipinski definition) is 3. The first kappa shape index (κ1) is 15.9. The molecule has 0 atom stereocenters. The molecular formula is C16H22ClN3O. The van der Waals surface area contributed by atoms with Crippen LogP contribution in [0.3, 0.4) is 0 Å². The van der Waals surface area contributed by atoms with Gasteiger partial charge in [-0.15, -0.1) is 0 Å². The van der Waals surface area contributed by atoms with Crippen molar-refractivity contribution in [3.05, 3.63) is 46.2 Å². The van der Waals surface area contributed by atoms with Gasteiger partial charge in [0.1, 0.15) is 5.75 Å². The predicted octanol–water partition coefficient (Wildman–Crippen LogP) is 2.98. The van der Waals surface area contributed by atoms with Gasteiger partial charge in [0.2, 0.25) is 0 Å². The first-order valence-corrected chi connectivity index (χ1v) is 7.58.